The number of carbonyl (C=O) groups excluding carboxylic acids is 1. The second kappa shape index (κ2) is 7.19. The number of anilines is 3. The molecular formula is C22H28N8O. The van der Waals surface area contributed by atoms with Gasteiger partial charge in [0, 0.05) is 55.4 Å². The molecule has 9 heteroatoms. The fourth-order valence-electron chi connectivity index (χ4n) is 4.63. The number of amides is 2. The molecule has 0 aromatic carbocycles. The van der Waals surface area contributed by atoms with E-state index >= 15 is 0 Å². The van der Waals surface area contributed by atoms with Crippen molar-refractivity contribution < 1.29 is 4.79 Å². The Bertz CT molecular complexity index is 1170. The maximum atomic E-state index is 13.1. The van der Waals surface area contributed by atoms with Crippen molar-refractivity contribution in [2.45, 2.75) is 39.7 Å². The predicted molar refractivity (Wildman–Crippen MR) is 121 cm³/mol. The van der Waals surface area contributed by atoms with Gasteiger partial charge in [0.25, 0.3) is 0 Å². The monoisotopic (exact) mass is 420 g/mol. The van der Waals surface area contributed by atoms with Gasteiger partial charge >= 0.3 is 6.03 Å². The first kappa shape index (κ1) is 19.7. The van der Waals surface area contributed by atoms with Gasteiger partial charge in [-0.1, -0.05) is 0 Å². The molecule has 0 unspecified atom stereocenters. The van der Waals surface area contributed by atoms with E-state index in [0.29, 0.717) is 12.4 Å². The first-order chi connectivity index (χ1) is 14.8. The van der Waals surface area contributed by atoms with Crippen LogP contribution in [0, 0.1) is 13.8 Å². The van der Waals surface area contributed by atoms with Crippen molar-refractivity contribution >= 4 is 29.0 Å². The van der Waals surface area contributed by atoms with Crippen LogP contribution in [0.5, 0.6) is 0 Å². The molecule has 3 aromatic rings. The highest BCUT2D eigenvalue weighted by molar-refractivity contribution is 6.02. The molecule has 0 radical (unpaired) electrons. The van der Waals surface area contributed by atoms with Crippen molar-refractivity contribution in [2.24, 2.45) is 0 Å². The summed E-state index contributed by atoms with van der Waals surface area (Å²) in [4.78, 5) is 30.8. The summed E-state index contributed by atoms with van der Waals surface area (Å²) >= 11 is 0. The fraction of sp³-hybridized carbons (Fsp3) is 0.455. The number of rotatable bonds is 2. The largest absolute Gasteiger partial charge is 0.368 e. The van der Waals surface area contributed by atoms with Gasteiger partial charge in [-0.05, 0) is 40.2 Å². The van der Waals surface area contributed by atoms with E-state index in [1.54, 1.807) is 17.3 Å². The van der Waals surface area contributed by atoms with Crippen LogP contribution in [0.25, 0.3) is 5.65 Å². The third-order valence-corrected chi connectivity index (χ3v) is 5.97. The molecule has 0 bridgehead atoms. The number of imidazole rings is 1. The molecule has 1 fully saturated rings. The van der Waals surface area contributed by atoms with E-state index in [1.165, 1.54) is 5.69 Å². The molecule has 1 saturated heterocycles. The molecule has 2 N–H and O–H groups in total. The Hall–Kier alpha value is -3.20. The van der Waals surface area contributed by atoms with Crippen molar-refractivity contribution in [1.29, 1.82) is 0 Å². The lowest BCUT2D eigenvalue weighted by atomic mass is 10.0. The summed E-state index contributed by atoms with van der Waals surface area (Å²) in [6.07, 6.45) is 6.32. The minimum absolute atomic E-state index is 0.0535. The van der Waals surface area contributed by atoms with Gasteiger partial charge in [0.1, 0.15) is 5.82 Å². The molecule has 3 aromatic heterocycles. The summed E-state index contributed by atoms with van der Waals surface area (Å²) in [7, 11) is 0. The number of pyridine rings is 1. The van der Waals surface area contributed by atoms with E-state index in [4.69, 9.17) is 0 Å². The maximum Gasteiger partial charge on any atom is 0.328 e. The molecule has 0 atom stereocenters. The number of urea groups is 1. The van der Waals surface area contributed by atoms with Crippen LogP contribution >= 0.6 is 0 Å². The second-order valence-electron chi connectivity index (χ2n) is 9.02. The van der Waals surface area contributed by atoms with Crippen LogP contribution in [0.15, 0.2) is 24.7 Å². The zero-order valence-corrected chi connectivity index (χ0v) is 18.4. The van der Waals surface area contributed by atoms with Gasteiger partial charge < -0.3 is 14.6 Å². The highest BCUT2D eigenvalue weighted by Crippen LogP contribution is 2.35. The van der Waals surface area contributed by atoms with Gasteiger partial charge in [0.2, 0.25) is 0 Å². The van der Waals surface area contributed by atoms with E-state index in [0.717, 1.165) is 54.5 Å². The second-order valence-corrected chi connectivity index (χ2v) is 9.02. The number of aryl methyl sites for hydroxylation is 2. The lowest BCUT2D eigenvalue weighted by Gasteiger charge is -2.41. The van der Waals surface area contributed by atoms with Crippen molar-refractivity contribution in [1.82, 2.24) is 24.7 Å². The molecule has 162 valence electrons. The maximum absolute atomic E-state index is 13.1. The molecule has 2 aliphatic heterocycles. The summed E-state index contributed by atoms with van der Waals surface area (Å²) in [5.41, 5.74) is 4.86. The topological polar surface area (TPSA) is 90.7 Å². The first-order valence-electron chi connectivity index (χ1n) is 10.7. The molecule has 5 rings (SSSR count). The Labute approximate surface area is 181 Å². The Morgan fingerprint density at radius 1 is 1.19 bits per heavy atom. The highest BCUT2D eigenvalue weighted by atomic mass is 16.2. The first-order valence-corrected chi connectivity index (χ1v) is 10.7. The van der Waals surface area contributed by atoms with Crippen LogP contribution in [0.1, 0.15) is 30.8 Å². The van der Waals surface area contributed by atoms with E-state index < -0.39 is 0 Å². The molecule has 9 nitrogen and oxygen atoms in total. The van der Waals surface area contributed by atoms with Crippen molar-refractivity contribution in [3.8, 4) is 0 Å². The van der Waals surface area contributed by atoms with Crippen LogP contribution in [-0.4, -0.2) is 57.1 Å². The quantitative estimate of drug-likeness (QED) is 0.662. The normalized spacial score (nSPS) is 17.8. The zero-order chi connectivity index (χ0) is 21.8. The Morgan fingerprint density at radius 3 is 2.84 bits per heavy atom. The third kappa shape index (κ3) is 3.59. The number of nitrogens with one attached hydrogen (secondary N) is 2. The van der Waals surface area contributed by atoms with Gasteiger partial charge in [-0.15, -0.1) is 0 Å². The van der Waals surface area contributed by atoms with E-state index in [1.807, 2.05) is 24.4 Å². The Balaban J connectivity index is 1.39. The third-order valence-electron chi connectivity index (χ3n) is 5.97. The molecular weight excluding hydrogens is 392 g/mol. The zero-order valence-electron chi connectivity index (χ0n) is 18.4. The van der Waals surface area contributed by atoms with Crippen LogP contribution in [0.4, 0.5) is 22.1 Å². The van der Waals surface area contributed by atoms with Crippen molar-refractivity contribution in [2.75, 3.05) is 41.3 Å². The number of hydrogen-bond acceptors (Lipinski definition) is 6. The smallest absolute Gasteiger partial charge is 0.328 e. The fourth-order valence-corrected chi connectivity index (χ4v) is 4.63. The number of hydrogen-bond donors (Lipinski definition) is 2. The van der Waals surface area contributed by atoms with Gasteiger partial charge in [-0.2, -0.15) is 0 Å². The van der Waals surface area contributed by atoms with Gasteiger partial charge in [0.05, 0.1) is 17.6 Å². The highest BCUT2D eigenvalue weighted by Gasteiger charge is 2.32. The summed E-state index contributed by atoms with van der Waals surface area (Å²) in [6, 6.07) is 1.86. The van der Waals surface area contributed by atoms with E-state index in [9.17, 15) is 4.79 Å². The van der Waals surface area contributed by atoms with Gasteiger partial charge in [-0.3, -0.25) is 10.2 Å². The Morgan fingerprint density at radius 2 is 2.03 bits per heavy atom. The minimum Gasteiger partial charge on any atom is -0.368 e. The molecule has 2 aliphatic rings. The number of fused-ring (bicyclic) bond motifs is 2. The minimum atomic E-state index is -0.216. The van der Waals surface area contributed by atoms with E-state index in [2.05, 4.69) is 50.4 Å². The van der Waals surface area contributed by atoms with Gasteiger partial charge in [0.15, 0.2) is 11.5 Å². The summed E-state index contributed by atoms with van der Waals surface area (Å²) in [5.74, 6) is 1.24. The molecule has 0 spiro atoms. The molecule has 31 heavy (non-hydrogen) atoms. The lowest BCUT2D eigenvalue weighted by molar-refractivity contribution is 0.257. The molecule has 0 aliphatic carbocycles. The summed E-state index contributed by atoms with van der Waals surface area (Å²) in [5, 5.41) is 6.50. The number of carbonyl (C=O) groups is 1. The average Bonchev–Trinajstić information content (AvgIpc) is 3.30. The lowest BCUT2D eigenvalue weighted by Crippen LogP contribution is -2.57. The SMILES string of the molecule is Cc1cn2cc(NC(=O)N3CCc4c(N5CCNC(C)(C)C5)ccnc43)nc(C)c2n1. The summed E-state index contributed by atoms with van der Waals surface area (Å²) in [6.45, 7) is 11.7. The number of aromatic nitrogens is 4. The number of nitrogens with zero attached hydrogens (tertiary/aromatic N) is 6. The Kier molecular flexibility index (Phi) is 4.58. The average molecular weight is 421 g/mol. The number of piperazine rings is 1. The standard InChI is InChI=1S/C22H28N8O/c1-14-11-29-12-18(26-15(2)19(29)25-14)27-21(31)30-9-6-16-17(5-7-23-20(16)30)28-10-8-24-22(3,4)13-28/h5,7,11-12,24H,6,8-10,13H2,1-4H3,(H,27,31). The van der Waals surface area contributed by atoms with Crippen molar-refractivity contribution in [3.63, 3.8) is 0 Å². The molecule has 0 saturated carbocycles. The van der Waals surface area contributed by atoms with Crippen LogP contribution in [0.3, 0.4) is 0 Å². The predicted octanol–water partition coefficient (Wildman–Crippen LogP) is 2.52. The van der Waals surface area contributed by atoms with Crippen LogP contribution < -0.4 is 20.4 Å². The van der Waals surface area contributed by atoms with Crippen LogP contribution in [0.2, 0.25) is 0 Å². The van der Waals surface area contributed by atoms with Gasteiger partial charge in [-0.25, -0.2) is 19.7 Å². The van der Waals surface area contributed by atoms with E-state index in [-0.39, 0.29) is 11.6 Å². The van der Waals surface area contributed by atoms with Crippen LogP contribution in [-0.2, 0) is 6.42 Å². The molecule has 5 heterocycles. The van der Waals surface area contributed by atoms with Crippen molar-refractivity contribution in [3.05, 3.63) is 41.6 Å². The summed E-state index contributed by atoms with van der Waals surface area (Å²) < 4.78 is 1.90. The molecule has 2 amide bonds.